The summed E-state index contributed by atoms with van der Waals surface area (Å²) in [5, 5.41) is 4.39. The molecule has 27 heavy (non-hydrogen) atoms. The van der Waals surface area contributed by atoms with Gasteiger partial charge in [-0.2, -0.15) is 0 Å². The lowest BCUT2D eigenvalue weighted by Gasteiger charge is -2.25. The second kappa shape index (κ2) is 7.91. The molecule has 1 atom stereocenters. The number of hydrogen-bond donors (Lipinski definition) is 1. The first-order valence-electron chi connectivity index (χ1n) is 9.25. The number of aryl methyl sites for hydroxylation is 2. The van der Waals surface area contributed by atoms with E-state index in [4.69, 9.17) is 23.2 Å². The van der Waals surface area contributed by atoms with Crippen molar-refractivity contribution in [2.75, 3.05) is 18.0 Å². The minimum atomic E-state index is -0.0481. The van der Waals surface area contributed by atoms with Crippen LogP contribution < -0.4 is 10.2 Å². The molecule has 1 amide bonds. The molecule has 0 saturated carbocycles. The predicted molar refractivity (Wildman–Crippen MR) is 111 cm³/mol. The van der Waals surface area contributed by atoms with Crippen molar-refractivity contribution in [3.8, 4) is 0 Å². The molecule has 140 valence electrons. The third-order valence-corrected chi connectivity index (χ3v) is 5.73. The lowest BCUT2D eigenvalue weighted by Crippen LogP contribution is -2.46. The van der Waals surface area contributed by atoms with Gasteiger partial charge in [0.15, 0.2) is 0 Å². The second-order valence-electron chi connectivity index (χ2n) is 6.91. The predicted octanol–water partition coefficient (Wildman–Crippen LogP) is 4.28. The second-order valence-corrected chi connectivity index (χ2v) is 7.76. The maximum Gasteiger partial charge on any atom is 0.220 e. The summed E-state index contributed by atoms with van der Waals surface area (Å²) in [5.41, 5.74) is 3.47. The van der Waals surface area contributed by atoms with Crippen LogP contribution >= 0.6 is 23.2 Å². The zero-order chi connectivity index (χ0) is 18.8. The molecule has 2 aliphatic heterocycles. The molecule has 0 fully saturated rings. The van der Waals surface area contributed by atoms with E-state index in [2.05, 4.69) is 39.5 Å². The maximum absolute atomic E-state index is 12.6. The zero-order valence-corrected chi connectivity index (χ0v) is 16.4. The number of fused-ring (bicyclic) bond motifs is 3. The van der Waals surface area contributed by atoms with Crippen LogP contribution in [0.5, 0.6) is 0 Å². The van der Waals surface area contributed by atoms with Gasteiger partial charge in [0.05, 0.1) is 12.6 Å². The Balaban J connectivity index is 1.42. The number of halogens is 2. The van der Waals surface area contributed by atoms with Crippen LogP contribution in [0, 0.1) is 0 Å². The van der Waals surface area contributed by atoms with E-state index in [-0.39, 0.29) is 11.9 Å². The summed E-state index contributed by atoms with van der Waals surface area (Å²) in [6, 6.07) is 13.8. The number of amides is 1. The molecule has 0 aliphatic carbocycles. The van der Waals surface area contributed by atoms with Gasteiger partial charge in [-0.15, -0.1) is 0 Å². The van der Waals surface area contributed by atoms with Gasteiger partial charge in [0.25, 0.3) is 0 Å². The fourth-order valence-corrected chi connectivity index (χ4v) is 4.30. The summed E-state index contributed by atoms with van der Waals surface area (Å²) >= 11 is 12.1. The smallest absolute Gasteiger partial charge is 0.220 e. The summed E-state index contributed by atoms with van der Waals surface area (Å²) in [6.07, 6.45) is 2.77. The quantitative estimate of drug-likeness (QED) is 0.830. The van der Waals surface area contributed by atoms with Gasteiger partial charge in [-0.3, -0.25) is 9.79 Å². The van der Waals surface area contributed by atoms with Crippen molar-refractivity contribution in [2.45, 2.75) is 31.7 Å². The van der Waals surface area contributed by atoms with Gasteiger partial charge in [0, 0.05) is 28.7 Å². The Kier molecular flexibility index (Phi) is 5.37. The van der Waals surface area contributed by atoms with E-state index < -0.39 is 0 Å². The minimum Gasteiger partial charge on any atom is -0.346 e. The van der Waals surface area contributed by atoms with Crippen LogP contribution in [0.25, 0.3) is 0 Å². The molecule has 1 unspecified atom stereocenters. The normalized spacial score (nSPS) is 18.4. The summed E-state index contributed by atoms with van der Waals surface area (Å²) in [5.74, 6) is 1.00. The topological polar surface area (TPSA) is 44.7 Å². The van der Waals surface area contributed by atoms with Crippen molar-refractivity contribution in [1.29, 1.82) is 0 Å². The van der Waals surface area contributed by atoms with Gasteiger partial charge in [0.1, 0.15) is 5.84 Å². The fourth-order valence-electron chi connectivity index (χ4n) is 3.80. The maximum atomic E-state index is 12.6. The van der Waals surface area contributed by atoms with Crippen LogP contribution in [0.2, 0.25) is 10.0 Å². The molecule has 6 heteroatoms. The van der Waals surface area contributed by atoms with Crippen molar-refractivity contribution in [2.24, 2.45) is 4.99 Å². The lowest BCUT2D eigenvalue weighted by molar-refractivity contribution is -0.121. The number of amidine groups is 1. The molecule has 0 aromatic heterocycles. The Morgan fingerprint density at radius 3 is 2.93 bits per heavy atom. The number of anilines is 1. The van der Waals surface area contributed by atoms with Gasteiger partial charge in [0.2, 0.25) is 5.91 Å². The van der Waals surface area contributed by atoms with E-state index in [1.807, 2.05) is 6.07 Å². The molecule has 0 saturated heterocycles. The van der Waals surface area contributed by atoms with Gasteiger partial charge in [-0.05, 0) is 48.6 Å². The van der Waals surface area contributed by atoms with Crippen LogP contribution in [0.4, 0.5) is 5.69 Å². The first-order valence-corrected chi connectivity index (χ1v) is 10.0. The van der Waals surface area contributed by atoms with Crippen LogP contribution in [0.1, 0.15) is 24.0 Å². The molecule has 2 aromatic carbocycles. The number of carbonyl (C=O) groups is 1. The molecule has 0 spiro atoms. The highest BCUT2D eigenvalue weighted by atomic mass is 35.5. The number of nitrogens with zero attached hydrogens (tertiary/aromatic N) is 2. The Morgan fingerprint density at radius 2 is 2.07 bits per heavy atom. The Labute approximate surface area is 169 Å². The number of aliphatic imine (C=N–C) groups is 1. The van der Waals surface area contributed by atoms with Gasteiger partial charge in [-0.1, -0.05) is 47.5 Å². The monoisotopic (exact) mass is 401 g/mol. The van der Waals surface area contributed by atoms with Crippen LogP contribution in [-0.2, 0) is 17.6 Å². The third kappa shape index (κ3) is 3.97. The molecular formula is C21H21Cl2N3O. The van der Waals surface area contributed by atoms with Crippen LogP contribution in [0.3, 0.4) is 0 Å². The molecule has 1 N–H and O–H groups in total. The van der Waals surface area contributed by atoms with Crippen molar-refractivity contribution >= 4 is 40.6 Å². The van der Waals surface area contributed by atoms with Crippen LogP contribution in [0.15, 0.2) is 47.5 Å². The molecule has 0 bridgehead atoms. The summed E-state index contributed by atoms with van der Waals surface area (Å²) < 4.78 is 0. The van der Waals surface area contributed by atoms with Crippen molar-refractivity contribution in [1.82, 2.24) is 5.32 Å². The van der Waals surface area contributed by atoms with E-state index in [1.54, 1.807) is 12.1 Å². The zero-order valence-electron chi connectivity index (χ0n) is 14.9. The van der Waals surface area contributed by atoms with Crippen molar-refractivity contribution < 1.29 is 4.79 Å². The molecular weight excluding hydrogens is 381 g/mol. The van der Waals surface area contributed by atoms with Gasteiger partial charge >= 0.3 is 0 Å². The van der Waals surface area contributed by atoms with E-state index >= 15 is 0 Å². The molecule has 2 aliphatic rings. The summed E-state index contributed by atoms with van der Waals surface area (Å²) in [4.78, 5) is 19.5. The average molecular weight is 402 g/mol. The fraction of sp³-hybridized carbons (Fsp3) is 0.333. The average Bonchev–Trinajstić information content (AvgIpc) is 3.09. The highest BCUT2D eigenvalue weighted by molar-refractivity contribution is 6.35. The van der Waals surface area contributed by atoms with E-state index in [1.165, 1.54) is 11.3 Å². The summed E-state index contributed by atoms with van der Waals surface area (Å²) in [7, 11) is 0. The van der Waals surface area contributed by atoms with E-state index in [0.717, 1.165) is 37.3 Å². The first-order chi connectivity index (χ1) is 13.1. The highest BCUT2D eigenvalue weighted by Crippen LogP contribution is 2.29. The Bertz CT molecular complexity index is 897. The summed E-state index contributed by atoms with van der Waals surface area (Å²) in [6.45, 7) is 1.65. The largest absolute Gasteiger partial charge is 0.346 e. The molecule has 4 rings (SSSR count). The molecule has 4 nitrogen and oxygen atoms in total. The van der Waals surface area contributed by atoms with Gasteiger partial charge in [-0.25, -0.2) is 0 Å². The number of hydrogen-bond acceptors (Lipinski definition) is 3. The Morgan fingerprint density at radius 1 is 1.22 bits per heavy atom. The molecule has 2 heterocycles. The number of carbonyl (C=O) groups excluding carboxylic acids is 1. The van der Waals surface area contributed by atoms with Crippen molar-refractivity contribution in [3.63, 3.8) is 0 Å². The van der Waals surface area contributed by atoms with Crippen molar-refractivity contribution in [3.05, 3.63) is 63.6 Å². The molecule has 2 aromatic rings. The number of para-hydroxylation sites is 1. The third-order valence-electron chi connectivity index (χ3n) is 5.14. The number of benzene rings is 2. The number of nitrogens with one attached hydrogen (secondary N) is 1. The minimum absolute atomic E-state index is 0.0199. The van der Waals surface area contributed by atoms with Gasteiger partial charge < -0.3 is 10.2 Å². The SMILES string of the molecule is O=C(CCc1ccc(Cl)cc1Cl)NC1CCc2ccccc2N2CCN=C12. The van der Waals surface area contributed by atoms with E-state index in [0.29, 0.717) is 22.9 Å². The first kappa shape index (κ1) is 18.3. The highest BCUT2D eigenvalue weighted by Gasteiger charge is 2.31. The Hall–Kier alpha value is -2.04. The van der Waals surface area contributed by atoms with E-state index in [9.17, 15) is 4.79 Å². The van der Waals surface area contributed by atoms with Crippen LogP contribution in [-0.4, -0.2) is 30.9 Å². The number of rotatable bonds is 4. The lowest BCUT2D eigenvalue weighted by atomic mass is 10.1. The standard InChI is InChI=1S/C21H21Cl2N3O/c22-16-8-5-14(17(23)13-16)7-10-20(27)25-18-9-6-15-3-1-2-4-19(15)26-12-11-24-21(18)26/h1-5,8,13,18H,6-7,9-12H2,(H,25,27). The molecule has 0 radical (unpaired) electrons.